The molecule has 144 valence electrons. The number of carbonyl (C=O) groups excluding carboxylic acids is 2. The second kappa shape index (κ2) is 8.92. The maximum Gasteiger partial charge on any atom is 0.410 e. The lowest BCUT2D eigenvalue weighted by molar-refractivity contribution is -0.130. The fourth-order valence-electron chi connectivity index (χ4n) is 2.83. The molecule has 0 unspecified atom stereocenters. The van der Waals surface area contributed by atoms with Crippen LogP contribution in [0.15, 0.2) is 24.3 Å². The van der Waals surface area contributed by atoms with Crippen LogP contribution in [0.4, 0.5) is 4.79 Å². The van der Waals surface area contributed by atoms with E-state index < -0.39 is 5.60 Å². The highest BCUT2D eigenvalue weighted by molar-refractivity contribution is 5.79. The molecule has 6 nitrogen and oxygen atoms in total. The highest BCUT2D eigenvalue weighted by atomic mass is 16.6. The first kappa shape index (κ1) is 20.1. The van der Waals surface area contributed by atoms with Crippen LogP contribution in [0.25, 0.3) is 0 Å². The van der Waals surface area contributed by atoms with Gasteiger partial charge in [0.15, 0.2) is 0 Å². The average Bonchev–Trinajstić information content (AvgIpc) is 2.81. The zero-order chi connectivity index (χ0) is 19.2. The number of rotatable bonds is 4. The van der Waals surface area contributed by atoms with Crippen molar-refractivity contribution < 1.29 is 19.1 Å². The van der Waals surface area contributed by atoms with Crippen LogP contribution in [0.5, 0.6) is 5.75 Å². The summed E-state index contributed by atoms with van der Waals surface area (Å²) in [7, 11) is 0. The molecule has 0 spiro atoms. The molecule has 1 saturated heterocycles. The second-order valence-corrected chi connectivity index (χ2v) is 7.46. The molecular formula is C20H30N2O4. The van der Waals surface area contributed by atoms with Crippen molar-refractivity contribution in [1.29, 1.82) is 0 Å². The van der Waals surface area contributed by atoms with E-state index >= 15 is 0 Å². The number of carbonyl (C=O) groups is 2. The monoisotopic (exact) mass is 362 g/mol. The van der Waals surface area contributed by atoms with Crippen molar-refractivity contribution in [3.63, 3.8) is 0 Å². The predicted octanol–water partition coefficient (Wildman–Crippen LogP) is 3.10. The fraction of sp³-hybridized carbons (Fsp3) is 0.600. The lowest BCUT2D eigenvalue weighted by Crippen LogP contribution is -2.40. The summed E-state index contributed by atoms with van der Waals surface area (Å²) < 4.78 is 10.8. The first-order valence-corrected chi connectivity index (χ1v) is 9.26. The van der Waals surface area contributed by atoms with Crippen LogP contribution in [-0.2, 0) is 16.0 Å². The summed E-state index contributed by atoms with van der Waals surface area (Å²) in [6.45, 7) is 10.5. The van der Waals surface area contributed by atoms with Gasteiger partial charge in [-0.2, -0.15) is 0 Å². The highest BCUT2D eigenvalue weighted by Gasteiger charge is 2.25. The Labute approximate surface area is 156 Å². The minimum Gasteiger partial charge on any atom is -0.494 e. The average molecular weight is 362 g/mol. The molecule has 0 N–H and O–H groups in total. The number of ether oxygens (including phenoxy) is 2. The van der Waals surface area contributed by atoms with Crippen LogP contribution in [0, 0.1) is 0 Å². The Bertz CT molecular complexity index is 607. The van der Waals surface area contributed by atoms with Crippen LogP contribution >= 0.6 is 0 Å². The third kappa shape index (κ3) is 6.24. The van der Waals surface area contributed by atoms with Gasteiger partial charge in [-0.1, -0.05) is 12.1 Å². The number of benzene rings is 1. The molecule has 1 aromatic carbocycles. The van der Waals surface area contributed by atoms with Crippen LogP contribution in [-0.4, -0.2) is 60.2 Å². The van der Waals surface area contributed by atoms with Crippen molar-refractivity contribution in [2.24, 2.45) is 0 Å². The molecule has 0 radical (unpaired) electrons. The molecule has 1 aromatic rings. The molecule has 1 aliphatic heterocycles. The van der Waals surface area contributed by atoms with Gasteiger partial charge in [0, 0.05) is 26.2 Å². The fourth-order valence-corrected chi connectivity index (χ4v) is 2.83. The molecule has 1 aliphatic rings. The third-order valence-corrected chi connectivity index (χ3v) is 4.09. The van der Waals surface area contributed by atoms with E-state index in [2.05, 4.69) is 0 Å². The molecule has 0 bridgehead atoms. The summed E-state index contributed by atoms with van der Waals surface area (Å²) in [4.78, 5) is 28.3. The van der Waals surface area contributed by atoms with E-state index in [4.69, 9.17) is 9.47 Å². The SMILES string of the molecule is CCOc1ccc(CC(=O)N2CCCN(C(=O)OC(C)(C)C)CC2)cc1. The van der Waals surface area contributed by atoms with E-state index in [0.29, 0.717) is 39.2 Å². The van der Waals surface area contributed by atoms with E-state index in [1.807, 2.05) is 56.9 Å². The van der Waals surface area contributed by atoms with Gasteiger partial charge >= 0.3 is 6.09 Å². The van der Waals surface area contributed by atoms with Gasteiger partial charge in [-0.15, -0.1) is 0 Å². The topological polar surface area (TPSA) is 59.1 Å². The Balaban J connectivity index is 1.87. The van der Waals surface area contributed by atoms with Gasteiger partial charge in [-0.25, -0.2) is 4.79 Å². The first-order valence-electron chi connectivity index (χ1n) is 9.26. The van der Waals surface area contributed by atoms with Gasteiger partial charge < -0.3 is 19.3 Å². The zero-order valence-corrected chi connectivity index (χ0v) is 16.3. The first-order chi connectivity index (χ1) is 12.3. The molecule has 2 rings (SSSR count). The van der Waals surface area contributed by atoms with Crippen molar-refractivity contribution >= 4 is 12.0 Å². The Morgan fingerprint density at radius 3 is 2.23 bits per heavy atom. The predicted molar refractivity (Wildman–Crippen MR) is 100 cm³/mol. The Hall–Kier alpha value is -2.24. The summed E-state index contributed by atoms with van der Waals surface area (Å²) in [5.41, 5.74) is 0.457. The van der Waals surface area contributed by atoms with E-state index in [-0.39, 0.29) is 12.0 Å². The molecule has 6 heteroatoms. The minimum absolute atomic E-state index is 0.0835. The van der Waals surface area contributed by atoms with E-state index in [9.17, 15) is 9.59 Å². The summed E-state index contributed by atoms with van der Waals surface area (Å²) in [5.74, 6) is 0.895. The Morgan fingerprint density at radius 1 is 1.00 bits per heavy atom. The molecule has 1 heterocycles. The van der Waals surface area contributed by atoms with Crippen LogP contribution in [0.3, 0.4) is 0 Å². The van der Waals surface area contributed by atoms with E-state index in [1.165, 1.54) is 0 Å². The molecule has 0 aliphatic carbocycles. The van der Waals surface area contributed by atoms with Crippen molar-refractivity contribution in [3.05, 3.63) is 29.8 Å². The van der Waals surface area contributed by atoms with E-state index in [1.54, 1.807) is 4.90 Å². The molecule has 0 aromatic heterocycles. The third-order valence-electron chi connectivity index (χ3n) is 4.09. The summed E-state index contributed by atoms with van der Waals surface area (Å²) in [6, 6.07) is 7.62. The van der Waals surface area contributed by atoms with Crippen molar-refractivity contribution in [2.45, 2.75) is 46.1 Å². The molecule has 26 heavy (non-hydrogen) atoms. The van der Waals surface area contributed by atoms with Gasteiger partial charge in [0.2, 0.25) is 5.91 Å². The lowest BCUT2D eigenvalue weighted by atomic mass is 10.1. The van der Waals surface area contributed by atoms with Gasteiger partial charge in [-0.05, 0) is 51.8 Å². The summed E-state index contributed by atoms with van der Waals surface area (Å²) in [5, 5.41) is 0. The quantitative estimate of drug-likeness (QED) is 0.826. The molecule has 0 saturated carbocycles. The molecule has 2 amide bonds. The van der Waals surface area contributed by atoms with Gasteiger partial charge in [0.1, 0.15) is 11.4 Å². The number of hydrogen-bond donors (Lipinski definition) is 0. The Kier molecular flexibility index (Phi) is 6.89. The summed E-state index contributed by atoms with van der Waals surface area (Å²) >= 11 is 0. The Morgan fingerprint density at radius 2 is 1.62 bits per heavy atom. The largest absolute Gasteiger partial charge is 0.494 e. The number of amides is 2. The van der Waals surface area contributed by atoms with Crippen molar-refractivity contribution in [2.75, 3.05) is 32.8 Å². The molecular weight excluding hydrogens is 332 g/mol. The van der Waals surface area contributed by atoms with Crippen LogP contribution in [0.2, 0.25) is 0 Å². The standard InChI is InChI=1S/C20H30N2O4/c1-5-25-17-9-7-16(8-10-17)15-18(23)21-11-6-12-22(14-13-21)19(24)26-20(2,3)4/h7-10H,5-6,11-15H2,1-4H3. The minimum atomic E-state index is -0.507. The number of hydrogen-bond acceptors (Lipinski definition) is 4. The second-order valence-electron chi connectivity index (χ2n) is 7.46. The lowest BCUT2D eigenvalue weighted by Gasteiger charge is -2.26. The van der Waals surface area contributed by atoms with Gasteiger partial charge in [-0.3, -0.25) is 4.79 Å². The number of nitrogens with zero attached hydrogens (tertiary/aromatic N) is 2. The maximum absolute atomic E-state index is 12.6. The van der Waals surface area contributed by atoms with Crippen LogP contribution < -0.4 is 4.74 Å². The van der Waals surface area contributed by atoms with Gasteiger partial charge in [0.05, 0.1) is 13.0 Å². The molecule has 1 fully saturated rings. The van der Waals surface area contributed by atoms with Gasteiger partial charge in [0.25, 0.3) is 0 Å². The van der Waals surface area contributed by atoms with E-state index in [0.717, 1.165) is 17.7 Å². The maximum atomic E-state index is 12.6. The zero-order valence-electron chi connectivity index (χ0n) is 16.3. The van der Waals surface area contributed by atoms with Crippen LogP contribution in [0.1, 0.15) is 39.7 Å². The van der Waals surface area contributed by atoms with Crippen molar-refractivity contribution in [1.82, 2.24) is 9.80 Å². The smallest absolute Gasteiger partial charge is 0.410 e. The summed E-state index contributed by atoms with van der Waals surface area (Å²) in [6.07, 6.45) is 0.811. The van der Waals surface area contributed by atoms with Crippen molar-refractivity contribution in [3.8, 4) is 5.75 Å². The highest BCUT2D eigenvalue weighted by Crippen LogP contribution is 2.15. The molecule has 0 atom stereocenters. The normalized spacial score (nSPS) is 15.4.